The van der Waals surface area contributed by atoms with Gasteiger partial charge in [0.05, 0.1) is 40.0 Å². The Hall–Kier alpha value is -2.53. The molecular formula is C46H78NO10P. The number of rotatable bonds is 35. The fourth-order valence-corrected chi connectivity index (χ4v) is 7.16. The number of allylic oxidation sites excluding steroid dienone is 5. The number of phosphoric ester groups is 1. The van der Waals surface area contributed by atoms with Crippen molar-refractivity contribution >= 4 is 19.8 Å². The molecule has 0 saturated carbocycles. The highest BCUT2D eigenvalue weighted by atomic mass is 31.2. The van der Waals surface area contributed by atoms with Gasteiger partial charge in [0, 0.05) is 25.7 Å². The van der Waals surface area contributed by atoms with Gasteiger partial charge >= 0.3 is 11.9 Å². The van der Waals surface area contributed by atoms with Gasteiger partial charge in [0.1, 0.15) is 31.3 Å². The first-order valence-electron chi connectivity index (χ1n) is 22.2. The van der Waals surface area contributed by atoms with Gasteiger partial charge in [0.2, 0.25) is 0 Å². The van der Waals surface area contributed by atoms with Gasteiger partial charge in [-0.25, -0.2) is 0 Å². The van der Waals surface area contributed by atoms with E-state index in [1.165, 1.54) is 30.4 Å². The van der Waals surface area contributed by atoms with Crippen LogP contribution in [-0.4, -0.2) is 82.2 Å². The molecule has 1 aliphatic heterocycles. The van der Waals surface area contributed by atoms with Crippen molar-refractivity contribution in [3.63, 3.8) is 0 Å². The van der Waals surface area contributed by atoms with E-state index < -0.39 is 32.5 Å². The molecule has 4 atom stereocenters. The van der Waals surface area contributed by atoms with E-state index in [1.807, 2.05) is 21.1 Å². The molecule has 1 aromatic rings. The Morgan fingerprint density at radius 3 is 2.07 bits per heavy atom. The number of aryl methyl sites for hydroxylation is 2. The number of hydrogen-bond acceptors (Lipinski definition) is 10. The second-order valence-corrected chi connectivity index (χ2v) is 18.1. The van der Waals surface area contributed by atoms with E-state index in [0.29, 0.717) is 30.3 Å². The predicted octanol–water partition coefficient (Wildman–Crippen LogP) is 10.1. The van der Waals surface area contributed by atoms with Crippen molar-refractivity contribution in [3.8, 4) is 0 Å². The lowest BCUT2D eigenvalue weighted by Crippen LogP contribution is -2.37. The van der Waals surface area contributed by atoms with Crippen molar-refractivity contribution in [1.82, 2.24) is 0 Å². The molecule has 1 fully saturated rings. The molecule has 12 heteroatoms. The highest BCUT2D eigenvalue weighted by Crippen LogP contribution is 2.38. The predicted molar refractivity (Wildman–Crippen MR) is 229 cm³/mol. The summed E-state index contributed by atoms with van der Waals surface area (Å²) in [6.07, 6.45) is 30.5. The summed E-state index contributed by atoms with van der Waals surface area (Å²) in [4.78, 5) is 37.8. The smallest absolute Gasteiger partial charge is 0.306 e. The fraction of sp³-hybridized carbons (Fsp3) is 0.739. The lowest BCUT2D eigenvalue weighted by atomic mass is 10.0. The number of quaternary nitrogens is 1. The van der Waals surface area contributed by atoms with Gasteiger partial charge in [-0.1, -0.05) is 88.8 Å². The van der Waals surface area contributed by atoms with Gasteiger partial charge in [0.15, 0.2) is 6.10 Å². The summed E-state index contributed by atoms with van der Waals surface area (Å²) >= 11 is 0. The number of hydrogen-bond donors (Lipinski definition) is 0. The fourth-order valence-electron chi connectivity index (χ4n) is 6.43. The first-order valence-corrected chi connectivity index (χ1v) is 23.6. The van der Waals surface area contributed by atoms with Gasteiger partial charge in [-0.05, 0) is 89.2 Å². The van der Waals surface area contributed by atoms with E-state index in [-0.39, 0.29) is 38.3 Å². The molecule has 0 N–H and O–H groups in total. The lowest BCUT2D eigenvalue weighted by Gasteiger charge is -2.28. The second-order valence-electron chi connectivity index (χ2n) is 16.7. The largest absolute Gasteiger partial charge is 0.756 e. The highest BCUT2D eigenvalue weighted by Gasteiger charge is 2.36. The van der Waals surface area contributed by atoms with Crippen LogP contribution in [0.3, 0.4) is 0 Å². The Balaban J connectivity index is 1.68. The third-order valence-corrected chi connectivity index (χ3v) is 11.2. The minimum Gasteiger partial charge on any atom is -0.756 e. The lowest BCUT2D eigenvalue weighted by molar-refractivity contribution is -0.870. The summed E-state index contributed by atoms with van der Waals surface area (Å²) < 4.78 is 45.8. The SMILES string of the molecule is CCCCC/C=C\C/C=C\C/C=C\CC1OC1CCCC(=O)O[C@H](COC(=O)CCCCCCCCc1oc(CCC)c(C)c1C)COP(=O)([O-])OCC[N+](C)(C)C. The molecule has 11 nitrogen and oxygen atoms in total. The third-order valence-electron chi connectivity index (χ3n) is 10.3. The van der Waals surface area contributed by atoms with Crippen LogP contribution in [0.1, 0.15) is 152 Å². The van der Waals surface area contributed by atoms with Crippen molar-refractivity contribution in [1.29, 1.82) is 0 Å². The number of furan rings is 1. The van der Waals surface area contributed by atoms with E-state index in [0.717, 1.165) is 88.6 Å². The van der Waals surface area contributed by atoms with Crippen molar-refractivity contribution in [2.45, 2.75) is 174 Å². The summed E-state index contributed by atoms with van der Waals surface area (Å²) in [5, 5.41) is 0. The maximum absolute atomic E-state index is 12.8. The molecule has 1 saturated heterocycles. The maximum Gasteiger partial charge on any atom is 0.306 e. The standard InChI is InChI=1S/C46H78NO10P/c1-8-10-11-12-13-14-15-16-17-18-22-25-30-43-44(57-43)31-27-33-46(49)55-40(37-54-58(50,51)53-35-34-47(5,6)7)36-52-45(48)32-26-23-20-19-21-24-29-42-39(4)38(3)41(56-42)28-9-2/h13-14,16-17,22,25,40,43-44H,8-12,15,18-21,23-24,26-37H2,1-7H3/b14-13-,17-16-,25-22-/t40-,43?,44?/m1/s1. The topological polar surface area (TPSA) is 137 Å². The molecule has 0 aliphatic carbocycles. The number of unbranched alkanes of at least 4 members (excludes halogenated alkanes) is 8. The van der Waals surface area contributed by atoms with Gasteiger partial charge in [-0.3, -0.25) is 14.2 Å². The first kappa shape index (κ1) is 51.6. The number of ether oxygens (including phenoxy) is 3. The molecule has 2 heterocycles. The number of nitrogens with zero attached hydrogens (tertiary/aromatic N) is 1. The van der Waals surface area contributed by atoms with Crippen molar-refractivity contribution in [2.24, 2.45) is 0 Å². The van der Waals surface area contributed by atoms with Gasteiger partial charge in [-0.15, -0.1) is 0 Å². The Morgan fingerprint density at radius 2 is 1.38 bits per heavy atom. The molecular weight excluding hydrogens is 757 g/mol. The van der Waals surface area contributed by atoms with Crippen LogP contribution >= 0.6 is 7.82 Å². The first-order chi connectivity index (χ1) is 27.7. The van der Waals surface area contributed by atoms with Crippen LogP contribution in [0.4, 0.5) is 0 Å². The normalized spacial score (nSPS) is 17.4. The number of likely N-dealkylation sites (N-methyl/N-ethyl adjacent to an activating group) is 1. The van der Waals surface area contributed by atoms with E-state index in [2.05, 4.69) is 64.2 Å². The Labute approximate surface area is 351 Å². The Kier molecular flexibility index (Phi) is 26.4. The van der Waals surface area contributed by atoms with E-state index >= 15 is 0 Å². The Bertz CT molecular complexity index is 1430. The molecule has 0 spiro atoms. The molecule has 0 aromatic carbocycles. The molecule has 0 radical (unpaired) electrons. The average Bonchev–Trinajstić information content (AvgIpc) is 3.86. The number of carbonyl (C=O) groups excluding carboxylic acids is 2. The molecule has 1 aliphatic rings. The zero-order valence-corrected chi connectivity index (χ0v) is 38.0. The van der Waals surface area contributed by atoms with Gasteiger partial charge in [-0.2, -0.15) is 0 Å². The van der Waals surface area contributed by atoms with Crippen LogP contribution in [0, 0.1) is 13.8 Å². The molecule has 3 unspecified atom stereocenters. The van der Waals surface area contributed by atoms with Gasteiger partial charge in [0.25, 0.3) is 7.82 Å². The number of esters is 2. The summed E-state index contributed by atoms with van der Waals surface area (Å²) in [6.45, 7) is 8.26. The molecule has 1 aromatic heterocycles. The van der Waals surface area contributed by atoms with Crippen molar-refractivity contribution in [3.05, 3.63) is 59.1 Å². The monoisotopic (exact) mass is 836 g/mol. The minimum absolute atomic E-state index is 0.0544. The van der Waals surface area contributed by atoms with Crippen molar-refractivity contribution in [2.75, 3.05) is 47.5 Å². The van der Waals surface area contributed by atoms with E-state index in [1.54, 1.807) is 0 Å². The van der Waals surface area contributed by atoms with Crippen LogP contribution in [0.2, 0.25) is 0 Å². The Morgan fingerprint density at radius 1 is 0.741 bits per heavy atom. The molecule has 2 rings (SSSR count). The second kappa shape index (κ2) is 29.7. The molecule has 58 heavy (non-hydrogen) atoms. The summed E-state index contributed by atoms with van der Waals surface area (Å²) in [5.41, 5.74) is 2.57. The maximum atomic E-state index is 12.8. The number of phosphoric acid groups is 1. The molecule has 0 bridgehead atoms. The van der Waals surface area contributed by atoms with Crippen molar-refractivity contribution < 1.29 is 51.2 Å². The van der Waals surface area contributed by atoms with Gasteiger partial charge < -0.3 is 37.1 Å². The van der Waals surface area contributed by atoms with Crippen LogP contribution in [0.15, 0.2) is 40.9 Å². The van der Waals surface area contributed by atoms with Crippen LogP contribution in [-0.2, 0) is 50.3 Å². The quantitative estimate of drug-likeness (QED) is 0.0162. The van der Waals surface area contributed by atoms with E-state index in [9.17, 15) is 19.0 Å². The summed E-state index contributed by atoms with van der Waals surface area (Å²) in [5.74, 6) is 1.28. The number of carbonyl (C=O) groups is 2. The van der Waals surface area contributed by atoms with Crippen LogP contribution < -0.4 is 4.89 Å². The summed E-state index contributed by atoms with van der Waals surface area (Å²) in [6, 6.07) is 0. The summed E-state index contributed by atoms with van der Waals surface area (Å²) in [7, 11) is 1.09. The average molecular weight is 836 g/mol. The zero-order chi connectivity index (χ0) is 42.7. The molecule has 332 valence electrons. The minimum atomic E-state index is -4.67. The third kappa shape index (κ3) is 25.2. The number of epoxide rings is 1. The highest BCUT2D eigenvalue weighted by molar-refractivity contribution is 7.45. The van der Waals surface area contributed by atoms with E-state index in [4.69, 9.17) is 27.7 Å². The van der Waals surface area contributed by atoms with Crippen LogP contribution in [0.25, 0.3) is 0 Å². The van der Waals surface area contributed by atoms with Crippen LogP contribution in [0.5, 0.6) is 0 Å². The molecule has 0 amide bonds. The zero-order valence-electron chi connectivity index (χ0n) is 37.1.